The van der Waals surface area contributed by atoms with Gasteiger partial charge >= 0.3 is 0 Å². The van der Waals surface area contributed by atoms with E-state index in [0.29, 0.717) is 28.6 Å². The molecule has 0 radical (unpaired) electrons. The van der Waals surface area contributed by atoms with Crippen molar-refractivity contribution in [1.29, 1.82) is 0 Å². The van der Waals surface area contributed by atoms with E-state index in [1.165, 1.54) is 4.68 Å². The number of carbonyl (C=O) groups is 1. The lowest BCUT2D eigenvalue weighted by atomic mass is 10.1. The number of nitrogen functional groups attached to an aromatic ring is 1. The third-order valence-electron chi connectivity index (χ3n) is 3.21. The molecule has 1 aliphatic heterocycles. The predicted octanol–water partition coefficient (Wildman–Crippen LogP) is -0.0484. The van der Waals surface area contributed by atoms with Gasteiger partial charge in [-0.15, -0.1) is 0 Å². The van der Waals surface area contributed by atoms with Crippen LogP contribution in [0, 0.1) is 6.92 Å². The Kier molecular flexibility index (Phi) is 3.70. The van der Waals surface area contributed by atoms with Gasteiger partial charge in [-0.2, -0.15) is 5.10 Å². The highest BCUT2D eigenvalue weighted by Crippen LogP contribution is 2.16. The van der Waals surface area contributed by atoms with Gasteiger partial charge in [-0.1, -0.05) is 0 Å². The van der Waals surface area contributed by atoms with Gasteiger partial charge in [0.15, 0.2) is 0 Å². The molecule has 0 atom stereocenters. The number of rotatable bonds is 2. The zero-order chi connectivity index (χ0) is 13.3. The second kappa shape index (κ2) is 5.09. The van der Waals surface area contributed by atoms with Crippen LogP contribution in [0.3, 0.4) is 0 Å². The van der Waals surface area contributed by atoms with E-state index in [-0.39, 0.29) is 11.9 Å². The first-order valence-corrected chi connectivity index (χ1v) is 7.42. The van der Waals surface area contributed by atoms with E-state index in [1.54, 1.807) is 14.0 Å². The fourth-order valence-electron chi connectivity index (χ4n) is 2.14. The normalized spacial score (nSPS) is 23.9. The van der Waals surface area contributed by atoms with Gasteiger partial charge in [-0.3, -0.25) is 13.7 Å². The number of aromatic nitrogens is 2. The lowest BCUT2D eigenvalue weighted by molar-refractivity contribution is 0.0926. The molecule has 7 heteroatoms. The third-order valence-corrected chi connectivity index (χ3v) is 4.59. The molecule has 18 heavy (non-hydrogen) atoms. The Hall–Kier alpha value is -1.37. The zero-order valence-corrected chi connectivity index (χ0v) is 11.4. The standard InChI is InChI=1S/C11H18N4O2S/c1-7-9(12)10(15(2)14-7)11(16)13-8-3-5-18(17)6-4-8/h8H,3-6,12H2,1-2H3,(H,13,16). The number of amides is 1. The molecule has 1 aromatic heterocycles. The molecule has 1 fully saturated rings. The highest BCUT2D eigenvalue weighted by atomic mass is 32.2. The quantitative estimate of drug-likeness (QED) is 0.788. The highest BCUT2D eigenvalue weighted by Gasteiger charge is 2.23. The Morgan fingerprint density at radius 2 is 2.11 bits per heavy atom. The molecule has 0 unspecified atom stereocenters. The first-order valence-electron chi connectivity index (χ1n) is 5.94. The van der Waals surface area contributed by atoms with Crippen LogP contribution in [0.2, 0.25) is 0 Å². The molecule has 100 valence electrons. The van der Waals surface area contributed by atoms with Crippen molar-refractivity contribution in [2.45, 2.75) is 25.8 Å². The number of nitrogens with two attached hydrogens (primary N) is 1. The predicted molar refractivity (Wildman–Crippen MR) is 70.7 cm³/mol. The van der Waals surface area contributed by atoms with E-state index in [9.17, 15) is 9.00 Å². The van der Waals surface area contributed by atoms with Gasteiger partial charge in [-0.05, 0) is 19.8 Å². The summed E-state index contributed by atoms with van der Waals surface area (Å²) in [6.07, 6.45) is 1.52. The van der Waals surface area contributed by atoms with Crippen LogP contribution < -0.4 is 11.1 Å². The maximum Gasteiger partial charge on any atom is 0.271 e. The summed E-state index contributed by atoms with van der Waals surface area (Å²) in [6.45, 7) is 1.77. The van der Waals surface area contributed by atoms with Crippen molar-refractivity contribution < 1.29 is 9.00 Å². The van der Waals surface area contributed by atoms with Gasteiger partial charge in [0.1, 0.15) is 5.69 Å². The molecule has 2 heterocycles. The molecule has 3 N–H and O–H groups in total. The maximum absolute atomic E-state index is 12.1. The summed E-state index contributed by atoms with van der Waals surface area (Å²) in [4.78, 5) is 12.1. The van der Waals surface area contributed by atoms with E-state index < -0.39 is 10.8 Å². The van der Waals surface area contributed by atoms with Crippen LogP contribution in [0.15, 0.2) is 0 Å². The molecule has 0 aromatic carbocycles. The van der Waals surface area contributed by atoms with E-state index >= 15 is 0 Å². The summed E-state index contributed by atoms with van der Waals surface area (Å²) < 4.78 is 12.7. The van der Waals surface area contributed by atoms with Crippen LogP contribution in [0.5, 0.6) is 0 Å². The highest BCUT2D eigenvalue weighted by molar-refractivity contribution is 7.85. The van der Waals surface area contributed by atoms with Crippen molar-refractivity contribution in [2.24, 2.45) is 7.05 Å². The number of aryl methyl sites for hydroxylation is 2. The fourth-order valence-corrected chi connectivity index (χ4v) is 3.43. The third kappa shape index (κ3) is 2.55. The average molecular weight is 270 g/mol. The Labute approximate surface area is 108 Å². The Bertz CT molecular complexity index is 487. The largest absolute Gasteiger partial charge is 0.395 e. The molecule has 0 aliphatic carbocycles. The summed E-state index contributed by atoms with van der Waals surface area (Å²) in [5.74, 6) is 1.11. The second-order valence-electron chi connectivity index (χ2n) is 4.57. The van der Waals surface area contributed by atoms with Gasteiger partial charge in [0.25, 0.3) is 5.91 Å². The molecule has 0 saturated carbocycles. The van der Waals surface area contributed by atoms with Gasteiger partial charge < -0.3 is 11.1 Å². The lowest BCUT2D eigenvalue weighted by Gasteiger charge is -2.22. The number of anilines is 1. The smallest absolute Gasteiger partial charge is 0.271 e. The Morgan fingerprint density at radius 3 is 2.61 bits per heavy atom. The monoisotopic (exact) mass is 270 g/mol. The van der Waals surface area contributed by atoms with E-state index in [4.69, 9.17) is 5.73 Å². The summed E-state index contributed by atoms with van der Waals surface area (Å²) in [6, 6.07) is 0.0878. The van der Waals surface area contributed by atoms with Crippen LogP contribution in [0.4, 0.5) is 5.69 Å². The minimum Gasteiger partial charge on any atom is -0.395 e. The van der Waals surface area contributed by atoms with Crippen molar-refractivity contribution >= 4 is 22.4 Å². The van der Waals surface area contributed by atoms with Crippen molar-refractivity contribution in [2.75, 3.05) is 17.2 Å². The van der Waals surface area contributed by atoms with Crippen molar-refractivity contribution in [3.63, 3.8) is 0 Å². The molecule has 2 rings (SSSR count). The maximum atomic E-state index is 12.1. The summed E-state index contributed by atoms with van der Waals surface area (Å²) in [5, 5.41) is 7.06. The molecular weight excluding hydrogens is 252 g/mol. The van der Waals surface area contributed by atoms with Crippen LogP contribution in [0.1, 0.15) is 29.0 Å². The molecular formula is C11H18N4O2S. The zero-order valence-electron chi connectivity index (χ0n) is 10.6. The SMILES string of the molecule is Cc1nn(C)c(C(=O)NC2CCS(=O)CC2)c1N. The van der Waals surface area contributed by atoms with Crippen molar-refractivity contribution in [3.8, 4) is 0 Å². The van der Waals surface area contributed by atoms with E-state index in [1.807, 2.05) is 0 Å². The Balaban J connectivity index is 2.06. The Morgan fingerprint density at radius 1 is 1.50 bits per heavy atom. The minimum atomic E-state index is -0.718. The van der Waals surface area contributed by atoms with E-state index in [0.717, 1.165) is 12.8 Å². The minimum absolute atomic E-state index is 0.0878. The number of hydrogen-bond donors (Lipinski definition) is 2. The first-order chi connectivity index (χ1) is 8.49. The van der Waals surface area contributed by atoms with Crippen molar-refractivity contribution in [3.05, 3.63) is 11.4 Å². The van der Waals surface area contributed by atoms with Crippen LogP contribution in [0.25, 0.3) is 0 Å². The molecule has 1 aromatic rings. The van der Waals surface area contributed by atoms with E-state index in [2.05, 4.69) is 10.4 Å². The topological polar surface area (TPSA) is 90.0 Å². The molecule has 1 amide bonds. The molecule has 6 nitrogen and oxygen atoms in total. The van der Waals surface area contributed by atoms with Gasteiger partial charge in [-0.25, -0.2) is 0 Å². The molecule has 0 bridgehead atoms. The van der Waals surface area contributed by atoms with Crippen LogP contribution >= 0.6 is 0 Å². The molecule has 1 aliphatic rings. The summed E-state index contributed by atoms with van der Waals surface area (Å²) >= 11 is 0. The number of hydrogen-bond acceptors (Lipinski definition) is 4. The lowest BCUT2D eigenvalue weighted by Crippen LogP contribution is -2.40. The van der Waals surface area contributed by atoms with Gasteiger partial charge in [0.05, 0.1) is 11.4 Å². The van der Waals surface area contributed by atoms with Crippen LogP contribution in [-0.4, -0.2) is 37.4 Å². The average Bonchev–Trinajstić information content (AvgIpc) is 2.56. The first kappa shape index (κ1) is 13.1. The number of nitrogens with zero attached hydrogens (tertiary/aromatic N) is 2. The number of nitrogens with one attached hydrogen (secondary N) is 1. The number of carbonyl (C=O) groups excluding carboxylic acids is 1. The summed E-state index contributed by atoms with van der Waals surface area (Å²) in [7, 11) is 0.984. The molecule has 0 spiro atoms. The van der Waals surface area contributed by atoms with Crippen LogP contribution in [-0.2, 0) is 17.8 Å². The van der Waals surface area contributed by atoms with Gasteiger partial charge in [0.2, 0.25) is 0 Å². The fraction of sp³-hybridized carbons (Fsp3) is 0.636. The van der Waals surface area contributed by atoms with Gasteiger partial charge in [0, 0.05) is 35.4 Å². The second-order valence-corrected chi connectivity index (χ2v) is 6.26. The molecule has 1 saturated heterocycles. The summed E-state index contributed by atoms with van der Waals surface area (Å²) in [5.41, 5.74) is 7.33. The van der Waals surface area contributed by atoms with Crippen molar-refractivity contribution in [1.82, 2.24) is 15.1 Å².